The molecule has 2 aromatic carbocycles. The van der Waals surface area contributed by atoms with Gasteiger partial charge in [0.2, 0.25) is 0 Å². The van der Waals surface area contributed by atoms with E-state index in [1.807, 2.05) is 27.7 Å². The first kappa shape index (κ1) is 19.6. The molecule has 0 bridgehead atoms. The lowest BCUT2D eigenvalue weighted by Crippen LogP contribution is -2.23. The van der Waals surface area contributed by atoms with E-state index in [9.17, 15) is 9.59 Å². The lowest BCUT2D eigenvalue weighted by Gasteiger charge is -2.22. The molecule has 3 rings (SSSR count). The van der Waals surface area contributed by atoms with Crippen molar-refractivity contribution in [3.8, 4) is 0 Å². The minimum Gasteiger partial charge on any atom is -0.465 e. The van der Waals surface area contributed by atoms with Gasteiger partial charge in [-0.05, 0) is 50.5 Å². The lowest BCUT2D eigenvalue weighted by atomic mass is 9.81. The van der Waals surface area contributed by atoms with Crippen molar-refractivity contribution in [2.45, 2.75) is 33.6 Å². The fraction of sp³-hybridized carbons (Fsp3) is 0.250. The average molecular weight is 375 g/mol. The van der Waals surface area contributed by atoms with Gasteiger partial charge in [0.15, 0.2) is 0 Å². The molecule has 0 aliphatic carbocycles. The molecule has 4 nitrogen and oxygen atoms in total. The summed E-state index contributed by atoms with van der Waals surface area (Å²) in [5.41, 5.74) is 6.86. The number of hydrogen-bond donors (Lipinski definition) is 1. The molecule has 1 heterocycles. The summed E-state index contributed by atoms with van der Waals surface area (Å²) in [5.74, 6) is -0.885. The van der Waals surface area contributed by atoms with Gasteiger partial charge in [-0.3, -0.25) is 4.79 Å². The Hall–Kier alpha value is -3.14. The summed E-state index contributed by atoms with van der Waals surface area (Å²) >= 11 is 0. The zero-order chi connectivity index (χ0) is 20.4. The minimum absolute atomic E-state index is 0.0494. The third-order valence-corrected chi connectivity index (χ3v) is 4.85. The smallest absolute Gasteiger partial charge is 0.343 e. The lowest BCUT2D eigenvalue weighted by molar-refractivity contribution is 0.0597. The van der Waals surface area contributed by atoms with Crippen LogP contribution in [0.3, 0.4) is 0 Å². The van der Waals surface area contributed by atoms with Crippen LogP contribution in [0.2, 0.25) is 0 Å². The molecule has 0 aliphatic rings. The maximum atomic E-state index is 12.5. The zero-order valence-electron chi connectivity index (χ0n) is 16.9. The van der Waals surface area contributed by atoms with Crippen LogP contribution in [0.5, 0.6) is 0 Å². The van der Waals surface area contributed by atoms with Crippen molar-refractivity contribution in [2.24, 2.45) is 0 Å². The standard InChI is InChI=1S/C24H25NO3/c1-14-8-15(2)11-18(10-14)21(19-12-16(3)9-17(4)13-19)20-6-7-25-23(26)22(20)24(27)28-5/h6-13,21H,1-5H3,(H,25,26). The van der Waals surface area contributed by atoms with Crippen molar-refractivity contribution in [1.82, 2.24) is 4.98 Å². The summed E-state index contributed by atoms with van der Waals surface area (Å²) in [6.07, 6.45) is 1.59. The molecular weight excluding hydrogens is 350 g/mol. The number of aromatic nitrogens is 1. The predicted molar refractivity (Wildman–Crippen MR) is 111 cm³/mol. The monoisotopic (exact) mass is 375 g/mol. The van der Waals surface area contributed by atoms with Gasteiger partial charge >= 0.3 is 5.97 Å². The number of hydrogen-bond acceptors (Lipinski definition) is 3. The van der Waals surface area contributed by atoms with E-state index in [0.29, 0.717) is 5.56 Å². The number of rotatable bonds is 4. The van der Waals surface area contributed by atoms with Crippen molar-refractivity contribution in [3.63, 3.8) is 0 Å². The van der Waals surface area contributed by atoms with E-state index in [-0.39, 0.29) is 11.5 Å². The van der Waals surface area contributed by atoms with Crippen LogP contribution in [0.4, 0.5) is 0 Å². The van der Waals surface area contributed by atoms with Gasteiger partial charge < -0.3 is 9.72 Å². The van der Waals surface area contributed by atoms with Gasteiger partial charge in [0.1, 0.15) is 5.56 Å². The van der Waals surface area contributed by atoms with E-state index < -0.39 is 11.5 Å². The van der Waals surface area contributed by atoms with E-state index in [4.69, 9.17) is 4.74 Å². The molecule has 28 heavy (non-hydrogen) atoms. The quantitative estimate of drug-likeness (QED) is 0.679. The van der Waals surface area contributed by atoms with Crippen molar-refractivity contribution in [2.75, 3.05) is 7.11 Å². The van der Waals surface area contributed by atoms with Crippen LogP contribution in [0, 0.1) is 27.7 Å². The van der Waals surface area contributed by atoms with Gasteiger partial charge in [0, 0.05) is 12.1 Å². The van der Waals surface area contributed by atoms with E-state index in [0.717, 1.165) is 33.4 Å². The Morgan fingerprint density at radius 1 is 0.857 bits per heavy atom. The predicted octanol–water partition coefficient (Wildman–Crippen LogP) is 4.58. The van der Waals surface area contributed by atoms with Crippen LogP contribution in [0.25, 0.3) is 0 Å². The van der Waals surface area contributed by atoms with Crippen LogP contribution in [-0.4, -0.2) is 18.1 Å². The van der Waals surface area contributed by atoms with Gasteiger partial charge in [-0.2, -0.15) is 0 Å². The number of benzene rings is 2. The fourth-order valence-electron chi connectivity index (χ4n) is 3.95. The first-order valence-corrected chi connectivity index (χ1v) is 9.26. The topological polar surface area (TPSA) is 59.2 Å². The Kier molecular flexibility index (Phi) is 5.50. The maximum Gasteiger partial charge on any atom is 0.343 e. The number of aryl methyl sites for hydroxylation is 4. The molecule has 3 aromatic rings. The molecule has 0 atom stereocenters. The second-order valence-corrected chi connectivity index (χ2v) is 7.40. The van der Waals surface area contributed by atoms with Crippen molar-refractivity contribution in [1.29, 1.82) is 0 Å². The summed E-state index contributed by atoms with van der Waals surface area (Å²) in [6.45, 7) is 8.20. The van der Waals surface area contributed by atoms with Crippen LogP contribution in [0.1, 0.15) is 55.2 Å². The number of H-pyrrole nitrogens is 1. The molecule has 0 saturated heterocycles. The van der Waals surface area contributed by atoms with Crippen molar-refractivity contribution < 1.29 is 9.53 Å². The number of carbonyl (C=O) groups is 1. The molecule has 0 radical (unpaired) electrons. The van der Waals surface area contributed by atoms with Crippen LogP contribution in [-0.2, 0) is 4.74 Å². The largest absolute Gasteiger partial charge is 0.465 e. The number of pyridine rings is 1. The normalized spacial score (nSPS) is 10.9. The first-order chi connectivity index (χ1) is 13.3. The van der Waals surface area contributed by atoms with Gasteiger partial charge in [0.05, 0.1) is 7.11 Å². The second-order valence-electron chi connectivity index (χ2n) is 7.40. The molecule has 0 spiro atoms. The highest BCUT2D eigenvalue weighted by atomic mass is 16.5. The minimum atomic E-state index is -0.629. The Morgan fingerprint density at radius 3 is 1.75 bits per heavy atom. The molecule has 1 N–H and O–H groups in total. The highest BCUT2D eigenvalue weighted by molar-refractivity contribution is 5.91. The van der Waals surface area contributed by atoms with Gasteiger partial charge in [-0.1, -0.05) is 58.7 Å². The third-order valence-electron chi connectivity index (χ3n) is 4.85. The van der Waals surface area contributed by atoms with Crippen LogP contribution >= 0.6 is 0 Å². The molecular formula is C24H25NO3. The average Bonchev–Trinajstić information content (AvgIpc) is 2.60. The highest BCUT2D eigenvalue weighted by Gasteiger charge is 2.26. The van der Waals surface area contributed by atoms with E-state index in [1.165, 1.54) is 7.11 Å². The summed E-state index contributed by atoms with van der Waals surface area (Å²) in [4.78, 5) is 27.6. The molecule has 1 aromatic heterocycles. The SMILES string of the molecule is COC(=O)c1c(C(c2cc(C)cc(C)c2)c2cc(C)cc(C)c2)cc[nH]c1=O. The second kappa shape index (κ2) is 7.85. The van der Waals surface area contributed by atoms with Crippen LogP contribution < -0.4 is 5.56 Å². The molecule has 0 amide bonds. The summed E-state index contributed by atoms with van der Waals surface area (Å²) in [6, 6.07) is 14.5. The van der Waals surface area contributed by atoms with Crippen molar-refractivity contribution in [3.05, 3.63) is 104 Å². The first-order valence-electron chi connectivity index (χ1n) is 9.26. The van der Waals surface area contributed by atoms with E-state index in [2.05, 4.69) is 41.4 Å². The summed E-state index contributed by atoms with van der Waals surface area (Å²) in [5, 5.41) is 0. The molecule has 0 unspecified atom stereocenters. The molecule has 0 aliphatic heterocycles. The molecule has 4 heteroatoms. The maximum absolute atomic E-state index is 12.5. The third kappa shape index (κ3) is 3.91. The molecule has 144 valence electrons. The zero-order valence-corrected chi connectivity index (χ0v) is 16.9. The summed E-state index contributed by atoms with van der Waals surface area (Å²) < 4.78 is 4.92. The van der Waals surface area contributed by atoms with E-state index >= 15 is 0 Å². The number of esters is 1. The Bertz CT molecular complexity index is 1000. The van der Waals surface area contributed by atoms with Gasteiger partial charge in [-0.25, -0.2) is 4.79 Å². The Labute approximate surface area is 165 Å². The van der Waals surface area contributed by atoms with Crippen LogP contribution in [0.15, 0.2) is 53.5 Å². The number of methoxy groups -OCH3 is 1. The Morgan fingerprint density at radius 2 is 1.32 bits per heavy atom. The van der Waals surface area contributed by atoms with Crippen molar-refractivity contribution >= 4 is 5.97 Å². The highest BCUT2D eigenvalue weighted by Crippen LogP contribution is 2.35. The molecule has 0 fully saturated rings. The Balaban J connectivity index is 2.37. The van der Waals surface area contributed by atoms with Gasteiger partial charge in [0.25, 0.3) is 5.56 Å². The summed E-state index contributed by atoms with van der Waals surface area (Å²) in [7, 11) is 1.29. The molecule has 0 saturated carbocycles. The number of aromatic amines is 1. The van der Waals surface area contributed by atoms with E-state index in [1.54, 1.807) is 12.3 Å². The van der Waals surface area contributed by atoms with Gasteiger partial charge in [-0.15, -0.1) is 0 Å². The fourth-order valence-corrected chi connectivity index (χ4v) is 3.95. The number of nitrogens with one attached hydrogen (secondary N) is 1. The number of ether oxygens (including phenoxy) is 1. The number of carbonyl (C=O) groups excluding carboxylic acids is 1.